The van der Waals surface area contributed by atoms with Crippen molar-refractivity contribution in [3.05, 3.63) is 180 Å². The molecule has 230 valence electrons. The molecule has 0 amide bonds. The molecule has 9 aromatic rings. The van der Waals surface area contributed by atoms with Gasteiger partial charge in [0.2, 0.25) is 5.69 Å². The highest BCUT2D eigenvalue weighted by Crippen LogP contribution is 2.47. The number of rotatable bonds is 4. The minimum absolute atomic E-state index is 0.515. The van der Waals surface area contributed by atoms with Crippen LogP contribution in [0.1, 0.15) is 5.56 Å². The van der Waals surface area contributed by atoms with Gasteiger partial charge in [-0.3, -0.25) is 0 Å². The normalized spacial score (nSPS) is 11.1. The number of hydrogen-bond donors (Lipinski definition) is 0. The van der Waals surface area contributed by atoms with Gasteiger partial charge in [-0.15, -0.1) is 0 Å². The van der Waals surface area contributed by atoms with Crippen LogP contribution in [0.5, 0.6) is 0 Å². The van der Waals surface area contributed by atoms with Crippen molar-refractivity contribution < 1.29 is 0 Å². The third-order valence-corrected chi connectivity index (χ3v) is 9.61. The van der Waals surface area contributed by atoms with Crippen LogP contribution in [0.3, 0.4) is 0 Å². The minimum Gasteiger partial charge on any atom is -0.318 e. The highest BCUT2D eigenvalue weighted by Gasteiger charge is 2.22. The Morgan fingerprint density at radius 3 is 1.64 bits per heavy atom. The molecule has 2 heterocycles. The molecule has 0 radical (unpaired) electrons. The van der Waals surface area contributed by atoms with Crippen molar-refractivity contribution >= 4 is 55.0 Å². The third-order valence-electron chi connectivity index (χ3n) is 9.61. The Kier molecular flexibility index (Phi) is 6.56. The monoisotopic (exact) mass is 635 g/mol. The second-order valence-electron chi connectivity index (χ2n) is 12.2. The van der Waals surface area contributed by atoms with Crippen molar-refractivity contribution in [1.29, 1.82) is 5.26 Å². The zero-order chi connectivity index (χ0) is 33.8. The molecule has 0 N–H and O–H groups in total. The van der Waals surface area contributed by atoms with Crippen LogP contribution < -0.4 is 0 Å². The summed E-state index contributed by atoms with van der Waals surface area (Å²) in [6.45, 7) is 16.5. The van der Waals surface area contributed by atoms with Gasteiger partial charge in [0.15, 0.2) is 5.69 Å². The van der Waals surface area contributed by atoms with Gasteiger partial charge >= 0.3 is 0 Å². The SMILES string of the molecule is [C-]#[N+]c1cccc(-c2ccc(-n3c4ccccc4c4cc(C#N)ccc43)cc2)c1-c1cccc([N+]#[C-])c1-n1c2ccccc2c2ccccc21. The summed E-state index contributed by atoms with van der Waals surface area (Å²) < 4.78 is 4.41. The smallest absolute Gasteiger partial charge is 0.211 e. The maximum Gasteiger partial charge on any atom is 0.211 e. The van der Waals surface area contributed by atoms with Gasteiger partial charge in [0.1, 0.15) is 0 Å². The molecule has 7 aromatic carbocycles. The first-order valence-corrected chi connectivity index (χ1v) is 16.2. The van der Waals surface area contributed by atoms with E-state index in [1.165, 1.54) is 0 Å². The molecular weight excluding hydrogens is 611 g/mol. The van der Waals surface area contributed by atoms with E-state index in [4.69, 9.17) is 13.1 Å². The third kappa shape index (κ3) is 4.24. The van der Waals surface area contributed by atoms with Crippen LogP contribution in [-0.2, 0) is 0 Å². The molecule has 0 bridgehead atoms. The lowest BCUT2D eigenvalue weighted by Gasteiger charge is -2.20. The Morgan fingerprint density at radius 2 is 1.02 bits per heavy atom. The number of nitrogens with zero attached hydrogens (tertiary/aromatic N) is 5. The molecule has 0 fully saturated rings. The Bertz CT molecular complexity index is 2900. The van der Waals surface area contributed by atoms with E-state index in [0.717, 1.165) is 77.2 Å². The summed E-state index contributed by atoms with van der Waals surface area (Å²) in [6, 6.07) is 53.0. The van der Waals surface area contributed by atoms with Crippen LogP contribution in [0.4, 0.5) is 11.4 Å². The van der Waals surface area contributed by atoms with E-state index in [1.807, 2.05) is 84.9 Å². The van der Waals surface area contributed by atoms with E-state index in [2.05, 4.69) is 91.6 Å². The van der Waals surface area contributed by atoms with E-state index < -0.39 is 0 Å². The summed E-state index contributed by atoms with van der Waals surface area (Å²) in [6.07, 6.45) is 0. The molecule has 5 nitrogen and oxygen atoms in total. The zero-order valence-corrected chi connectivity index (χ0v) is 26.7. The quantitative estimate of drug-likeness (QED) is 0.177. The van der Waals surface area contributed by atoms with Crippen molar-refractivity contribution in [1.82, 2.24) is 9.13 Å². The van der Waals surface area contributed by atoms with Gasteiger partial charge in [-0.1, -0.05) is 103 Å². The summed E-state index contributed by atoms with van der Waals surface area (Å²) in [5.74, 6) is 0. The Balaban J connectivity index is 1.27. The van der Waals surface area contributed by atoms with Crippen LogP contribution in [0, 0.1) is 24.5 Å². The summed E-state index contributed by atoms with van der Waals surface area (Å²) >= 11 is 0. The maximum absolute atomic E-state index is 9.58. The molecule has 5 heteroatoms. The molecule has 0 saturated heterocycles. The fourth-order valence-corrected chi connectivity index (χ4v) is 7.49. The number of para-hydroxylation sites is 4. The Morgan fingerprint density at radius 1 is 0.480 bits per heavy atom. The summed E-state index contributed by atoms with van der Waals surface area (Å²) in [5.41, 5.74) is 11.0. The van der Waals surface area contributed by atoms with Gasteiger partial charge in [0.05, 0.1) is 52.5 Å². The van der Waals surface area contributed by atoms with Gasteiger partial charge in [0.25, 0.3) is 0 Å². The van der Waals surface area contributed by atoms with Crippen molar-refractivity contribution in [2.24, 2.45) is 0 Å². The predicted octanol–water partition coefficient (Wildman–Crippen LogP) is 12.2. The Labute approximate surface area is 288 Å². The standard InChI is InChI=1S/C45H25N5/c1-47-38-16-9-14-32(30-22-24-31(25-23-30)49-40-18-6-5-13-35(40)37-27-29(28-46)21-26-43(37)49)44(38)36-15-10-17-39(48-2)45(36)50-41-19-7-3-11-33(41)34-12-4-8-20-42(34)50/h3-27H. The van der Waals surface area contributed by atoms with Gasteiger partial charge in [-0.05, 0) is 70.8 Å². The van der Waals surface area contributed by atoms with E-state index in [0.29, 0.717) is 16.9 Å². The summed E-state index contributed by atoms with van der Waals surface area (Å²) in [5, 5.41) is 13.9. The molecule has 50 heavy (non-hydrogen) atoms. The van der Waals surface area contributed by atoms with Crippen LogP contribution in [0.15, 0.2) is 152 Å². The number of hydrogen-bond acceptors (Lipinski definition) is 1. The van der Waals surface area contributed by atoms with E-state index >= 15 is 0 Å². The van der Waals surface area contributed by atoms with Crippen molar-refractivity contribution in [3.8, 4) is 39.7 Å². The average Bonchev–Trinajstić information content (AvgIpc) is 3.69. The molecule has 0 unspecified atom stereocenters. The van der Waals surface area contributed by atoms with Gasteiger partial charge in [-0.25, -0.2) is 9.69 Å². The molecule has 9 rings (SSSR count). The lowest BCUT2D eigenvalue weighted by Crippen LogP contribution is -1.99. The lowest BCUT2D eigenvalue weighted by molar-refractivity contribution is 1.18. The minimum atomic E-state index is 0.515. The maximum atomic E-state index is 9.58. The summed E-state index contributed by atoms with van der Waals surface area (Å²) in [7, 11) is 0. The molecule has 2 aromatic heterocycles. The second-order valence-corrected chi connectivity index (χ2v) is 12.2. The molecule has 0 aliphatic rings. The summed E-state index contributed by atoms with van der Waals surface area (Å²) in [4.78, 5) is 8.03. The fraction of sp³-hybridized carbons (Fsp3) is 0. The van der Waals surface area contributed by atoms with Crippen LogP contribution >= 0.6 is 0 Å². The fourth-order valence-electron chi connectivity index (χ4n) is 7.49. The van der Waals surface area contributed by atoms with Crippen LogP contribution in [-0.4, -0.2) is 9.13 Å². The van der Waals surface area contributed by atoms with E-state index in [-0.39, 0.29) is 0 Å². The first-order chi connectivity index (χ1) is 24.7. The topological polar surface area (TPSA) is 42.4 Å². The number of benzene rings is 7. The van der Waals surface area contributed by atoms with Gasteiger partial charge < -0.3 is 9.13 Å². The van der Waals surface area contributed by atoms with Crippen LogP contribution in [0.25, 0.3) is 86.9 Å². The van der Waals surface area contributed by atoms with Crippen molar-refractivity contribution in [2.75, 3.05) is 0 Å². The lowest BCUT2D eigenvalue weighted by atomic mass is 9.91. The zero-order valence-electron chi connectivity index (χ0n) is 26.7. The van der Waals surface area contributed by atoms with Gasteiger partial charge in [0, 0.05) is 27.2 Å². The molecule has 0 aliphatic carbocycles. The molecule has 0 aliphatic heterocycles. The molecule has 0 saturated carbocycles. The number of nitriles is 1. The molecular formula is C45H25N5. The average molecular weight is 636 g/mol. The van der Waals surface area contributed by atoms with Crippen LogP contribution in [0.2, 0.25) is 0 Å². The Hall–Kier alpha value is -7.39. The first kappa shape index (κ1) is 28.8. The largest absolute Gasteiger partial charge is 0.318 e. The molecule has 0 atom stereocenters. The van der Waals surface area contributed by atoms with E-state index in [1.54, 1.807) is 0 Å². The highest BCUT2D eigenvalue weighted by atomic mass is 15.0. The number of fused-ring (bicyclic) bond motifs is 6. The predicted molar refractivity (Wildman–Crippen MR) is 203 cm³/mol. The van der Waals surface area contributed by atoms with Crippen molar-refractivity contribution in [2.45, 2.75) is 0 Å². The van der Waals surface area contributed by atoms with Gasteiger partial charge in [-0.2, -0.15) is 5.26 Å². The van der Waals surface area contributed by atoms with Crippen molar-refractivity contribution in [3.63, 3.8) is 0 Å². The number of aromatic nitrogens is 2. The molecule has 0 spiro atoms. The second kappa shape index (κ2) is 11.4. The highest BCUT2D eigenvalue weighted by molar-refractivity contribution is 6.12. The first-order valence-electron chi connectivity index (χ1n) is 16.2. The van der Waals surface area contributed by atoms with E-state index in [9.17, 15) is 5.26 Å².